The van der Waals surface area contributed by atoms with Gasteiger partial charge in [-0.1, -0.05) is 30.3 Å². The van der Waals surface area contributed by atoms with Gasteiger partial charge < -0.3 is 8.94 Å². The number of aromatic nitrogens is 4. The maximum Gasteiger partial charge on any atom is 0.433 e. The van der Waals surface area contributed by atoms with Gasteiger partial charge in [0.1, 0.15) is 5.69 Å². The molecule has 0 amide bonds. The van der Waals surface area contributed by atoms with Gasteiger partial charge in [0.05, 0.1) is 18.2 Å². The molecule has 1 N–H and O–H groups in total. The van der Waals surface area contributed by atoms with Crippen LogP contribution >= 0.6 is 12.2 Å². The molecule has 170 valence electrons. The molecule has 0 saturated heterocycles. The summed E-state index contributed by atoms with van der Waals surface area (Å²) in [7, 11) is 0. The lowest BCUT2D eigenvalue weighted by Gasteiger charge is -2.11. The van der Waals surface area contributed by atoms with E-state index in [-0.39, 0.29) is 16.4 Å². The number of nitrogens with one attached hydrogen (secondary N) is 1. The molecule has 5 rings (SSSR count). The zero-order chi connectivity index (χ0) is 23.9. The van der Waals surface area contributed by atoms with Crippen molar-refractivity contribution in [3.8, 4) is 45.2 Å². The molecule has 0 bridgehead atoms. The molecular formula is C24H15F3N4O2S. The van der Waals surface area contributed by atoms with Gasteiger partial charge in [0, 0.05) is 16.7 Å². The van der Waals surface area contributed by atoms with Gasteiger partial charge in [-0.15, -0.1) is 0 Å². The van der Waals surface area contributed by atoms with Crippen LogP contribution in [0.25, 0.3) is 45.2 Å². The van der Waals surface area contributed by atoms with Crippen LogP contribution in [0.5, 0.6) is 0 Å². The fourth-order valence-corrected chi connectivity index (χ4v) is 3.65. The third-order valence-corrected chi connectivity index (χ3v) is 5.39. The molecule has 0 atom stereocenters. The Labute approximate surface area is 196 Å². The third kappa shape index (κ3) is 4.27. The minimum absolute atomic E-state index is 0.0409. The number of furan rings is 1. The summed E-state index contributed by atoms with van der Waals surface area (Å²) in [5, 5.41) is 2.69. The Morgan fingerprint density at radius 1 is 0.882 bits per heavy atom. The Morgan fingerprint density at radius 2 is 1.68 bits per heavy atom. The molecule has 0 fully saturated rings. The van der Waals surface area contributed by atoms with Gasteiger partial charge in [-0.2, -0.15) is 18.2 Å². The van der Waals surface area contributed by atoms with E-state index in [0.29, 0.717) is 17.0 Å². The second kappa shape index (κ2) is 8.38. The summed E-state index contributed by atoms with van der Waals surface area (Å²) in [5.74, 6) is 0.451. The van der Waals surface area contributed by atoms with Gasteiger partial charge in [-0.3, -0.25) is 0 Å². The molecule has 0 saturated carbocycles. The number of alkyl halides is 3. The number of nitrogens with zero attached hydrogens (tertiary/aromatic N) is 3. The predicted molar refractivity (Wildman–Crippen MR) is 121 cm³/mol. The van der Waals surface area contributed by atoms with Crippen molar-refractivity contribution in [1.29, 1.82) is 0 Å². The average molecular weight is 480 g/mol. The van der Waals surface area contributed by atoms with E-state index in [4.69, 9.17) is 21.2 Å². The van der Waals surface area contributed by atoms with Crippen LogP contribution in [0, 0.1) is 11.8 Å². The zero-order valence-corrected chi connectivity index (χ0v) is 18.4. The molecule has 0 unspecified atom stereocenters. The highest BCUT2D eigenvalue weighted by molar-refractivity contribution is 7.71. The standard InChI is InChI=1S/C24H15F3N4O2S/c1-13-5-6-15(10-18(13)22-30-23(34)33-31-22)14-3-2-4-16(9-14)21-28-19(17-7-8-32-12-17)11-20(29-21)24(25,26)27/h2-12H,1H3,(H,30,31,34). The number of aromatic amines is 1. The van der Waals surface area contributed by atoms with Crippen LogP contribution in [0.2, 0.25) is 0 Å². The molecule has 6 nitrogen and oxygen atoms in total. The lowest BCUT2D eigenvalue weighted by Crippen LogP contribution is -2.10. The Kier molecular flexibility index (Phi) is 5.37. The molecule has 3 heterocycles. The quantitative estimate of drug-likeness (QED) is 0.276. The fourth-order valence-electron chi connectivity index (χ4n) is 3.52. The van der Waals surface area contributed by atoms with Crippen molar-refractivity contribution in [3.05, 3.63) is 83.2 Å². The van der Waals surface area contributed by atoms with E-state index >= 15 is 0 Å². The maximum absolute atomic E-state index is 13.6. The molecule has 0 spiro atoms. The summed E-state index contributed by atoms with van der Waals surface area (Å²) in [6.07, 6.45) is -1.91. The molecule has 2 aromatic carbocycles. The van der Waals surface area contributed by atoms with Crippen LogP contribution in [0.1, 0.15) is 11.3 Å². The smallest absolute Gasteiger partial charge is 0.433 e. The van der Waals surface area contributed by atoms with E-state index in [1.807, 2.05) is 31.2 Å². The summed E-state index contributed by atoms with van der Waals surface area (Å²) in [4.78, 5) is 12.4. The topological polar surface area (TPSA) is 80.7 Å². The number of hydrogen-bond donors (Lipinski definition) is 1. The van der Waals surface area contributed by atoms with E-state index in [9.17, 15) is 13.2 Å². The Hall–Kier alpha value is -4.05. The highest BCUT2D eigenvalue weighted by Crippen LogP contribution is 2.34. The number of benzene rings is 2. The minimum Gasteiger partial charge on any atom is -0.472 e. The van der Waals surface area contributed by atoms with Crippen molar-refractivity contribution < 1.29 is 22.1 Å². The van der Waals surface area contributed by atoms with Crippen molar-refractivity contribution in [1.82, 2.24) is 20.1 Å². The number of hydrogen-bond acceptors (Lipinski definition) is 6. The molecule has 0 aliphatic carbocycles. The Balaban J connectivity index is 1.61. The molecular weight excluding hydrogens is 465 g/mol. The summed E-state index contributed by atoms with van der Waals surface area (Å²) >= 11 is 4.94. The molecule has 5 aromatic rings. The summed E-state index contributed by atoms with van der Waals surface area (Å²) in [6.45, 7) is 1.93. The number of H-pyrrole nitrogens is 1. The van der Waals surface area contributed by atoms with Gasteiger partial charge in [0.25, 0.3) is 0 Å². The minimum atomic E-state index is -4.63. The highest BCUT2D eigenvalue weighted by atomic mass is 32.1. The molecule has 0 radical (unpaired) electrons. The zero-order valence-electron chi connectivity index (χ0n) is 17.6. The first-order chi connectivity index (χ1) is 16.3. The van der Waals surface area contributed by atoms with Gasteiger partial charge in [0.2, 0.25) is 0 Å². The van der Waals surface area contributed by atoms with Gasteiger partial charge in [0.15, 0.2) is 11.6 Å². The SMILES string of the molecule is Cc1ccc(-c2cccc(-c3nc(-c4ccoc4)cc(C(F)(F)F)n3)c2)cc1-c1nc(=S)o[nH]1. The average Bonchev–Trinajstić information content (AvgIpc) is 3.51. The predicted octanol–water partition coefficient (Wildman–Crippen LogP) is 7.11. The fraction of sp³-hybridized carbons (Fsp3) is 0.0833. The Morgan fingerprint density at radius 3 is 2.38 bits per heavy atom. The van der Waals surface area contributed by atoms with Crippen molar-refractivity contribution in [2.24, 2.45) is 0 Å². The number of halogens is 3. The third-order valence-electron chi connectivity index (χ3n) is 5.22. The molecule has 3 aromatic heterocycles. The van der Waals surface area contributed by atoms with E-state index in [2.05, 4.69) is 20.1 Å². The van der Waals surface area contributed by atoms with Gasteiger partial charge in [-0.05, 0) is 60.1 Å². The maximum atomic E-state index is 13.6. The van der Waals surface area contributed by atoms with E-state index in [1.165, 1.54) is 12.5 Å². The monoisotopic (exact) mass is 480 g/mol. The molecule has 0 aliphatic rings. The summed E-state index contributed by atoms with van der Waals surface area (Å²) < 4.78 is 50.7. The molecule has 0 aliphatic heterocycles. The van der Waals surface area contributed by atoms with Crippen molar-refractivity contribution in [2.75, 3.05) is 0 Å². The van der Waals surface area contributed by atoms with Crippen molar-refractivity contribution in [3.63, 3.8) is 0 Å². The Bertz CT molecular complexity index is 1540. The van der Waals surface area contributed by atoms with E-state index < -0.39 is 11.9 Å². The first kappa shape index (κ1) is 21.8. The van der Waals surface area contributed by atoms with Gasteiger partial charge in [-0.25, -0.2) is 15.1 Å². The van der Waals surface area contributed by atoms with Crippen LogP contribution in [-0.2, 0) is 6.18 Å². The number of rotatable bonds is 4. The van der Waals surface area contributed by atoms with Crippen molar-refractivity contribution in [2.45, 2.75) is 13.1 Å². The normalized spacial score (nSPS) is 11.6. The van der Waals surface area contributed by atoms with E-state index in [0.717, 1.165) is 28.3 Å². The van der Waals surface area contributed by atoms with Crippen LogP contribution in [-0.4, -0.2) is 20.1 Å². The van der Waals surface area contributed by atoms with Gasteiger partial charge >= 0.3 is 11.0 Å². The van der Waals surface area contributed by atoms with Crippen LogP contribution < -0.4 is 0 Å². The molecule has 34 heavy (non-hydrogen) atoms. The summed E-state index contributed by atoms with van der Waals surface area (Å²) in [5.41, 5.74) is 3.30. The van der Waals surface area contributed by atoms with Crippen molar-refractivity contribution >= 4 is 12.2 Å². The molecule has 10 heteroatoms. The first-order valence-electron chi connectivity index (χ1n) is 10.0. The highest BCUT2D eigenvalue weighted by Gasteiger charge is 2.34. The van der Waals surface area contributed by atoms with Crippen LogP contribution in [0.4, 0.5) is 13.2 Å². The first-order valence-corrected chi connectivity index (χ1v) is 10.4. The summed E-state index contributed by atoms with van der Waals surface area (Å²) in [6, 6.07) is 15.2. The largest absolute Gasteiger partial charge is 0.472 e. The number of aryl methyl sites for hydroxylation is 1. The van der Waals surface area contributed by atoms with Crippen LogP contribution in [0.15, 0.2) is 76.1 Å². The second-order valence-electron chi connectivity index (χ2n) is 7.51. The van der Waals surface area contributed by atoms with Crippen LogP contribution in [0.3, 0.4) is 0 Å². The second-order valence-corrected chi connectivity index (χ2v) is 7.86. The lowest BCUT2D eigenvalue weighted by atomic mass is 9.98. The lowest BCUT2D eigenvalue weighted by molar-refractivity contribution is -0.141. The van der Waals surface area contributed by atoms with E-state index in [1.54, 1.807) is 24.3 Å².